The molecule has 74 valence electrons. The van der Waals surface area contributed by atoms with Crippen molar-refractivity contribution in [1.29, 1.82) is 5.41 Å². The summed E-state index contributed by atoms with van der Waals surface area (Å²) in [4.78, 5) is 4.19. The van der Waals surface area contributed by atoms with Crippen LogP contribution in [0, 0.1) is 5.41 Å². The first kappa shape index (κ1) is 10.5. The summed E-state index contributed by atoms with van der Waals surface area (Å²) in [6.07, 6.45) is 3.55. The van der Waals surface area contributed by atoms with Crippen molar-refractivity contribution in [3.05, 3.63) is 30.1 Å². The molecule has 0 spiro atoms. The molecule has 0 bridgehead atoms. The van der Waals surface area contributed by atoms with Crippen molar-refractivity contribution < 1.29 is 0 Å². The van der Waals surface area contributed by atoms with Crippen LogP contribution in [0.4, 0.5) is 0 Å². The number of nitrogens with one attached hydrogen (secondary N) is 1. The Morgan fingerprint density at radius 2 is 2.29 bits per heavy atom. The molecule has 2 heterocycles. The zero-order valence-corrected chi connectivity index (χ0v) is 8.51. The molecule has 2 aromatic heterocycles. The monoisotopic (exact) mass is 210 g/mol. The van der Waals surface area contributed by atoms with Gasteiger partial charge in [-0.1, -0.05) is 0 Å². The van der Waals surface area contributed by atoms with Crippen LogP contribution < -0.4 is 5.73 Å². The number of nitrogens with zero attached hydrogens (tertiary/aromatic N) is 2. The van der Waals surface area contributed by atoms with Gasteiger partial charge in [-0.3, -0.25) is 5.41 Å². The minimum Gasteiger partial charge on any atom is -0.384 e. The zero-order valence-electron chi connectivity index (χ0n) is 7.69. The largest absolute Gasteiger partial charge is 0.384 e. The highest BCUT2D eigenvalue weighted by atomic mass is 35.5. The predicted octanol–water partition coefficient (Wildman–Crippen LogP) is 1.28. The van der Waals surface area contributed by atoms with Crippen LogP contribution in [0.2, 0.25) is 0 Å². The maximum absolute atomic E-state index is 7.37. The van der Waals surface area contributed by atoms with E-state index in [9.17, 15) is 0 Å². The zero-order chi connectivity index (χ0) is 9.42. The number of amidine groups is 1. The highest BCUT2D eigenvalue weighted by molar-refractivity contribution is 6.06. The van der Waals surface area contributed by atoms with E-state index in [4.69, 9.17) is 11.1 Å². The lowest BCUT2D eigenvalue weighted by atomic mass is 10.2. The van der Waals surface area contributed by atoms with Gasteiger partial charge in [-0.05, 0) is 12.1 Å². The van der Waals surface area contributed by atoms with Crippen LogP contribution in [0.1, 0.15) is 5.56 Å². The highest BCUT2D eigenvalue weighted by Crippen LogP contribution is 2.16. The molecule has 0 amide bonds. The average molecular weight is 211 g/mol. The van der Waals surface area contributed by atoms with E-state index < -0.39 is 0 Å². The first-order valence-electron chi connectivity index (χ1n) is 3.94. The summed E-state index contributed by atoms with van der Waals surface area (Å²) in [5.74, 6) is 0.0820. The number of fused-ring (bicyclic) bond motifs is 1. The summed E-state index contributed by atoms with van der Waals surface area (Å²) >= 11 is 0. The normalized spacial score (nSPS) is 9.79. The van der Waals surface area contributed by atoms with Gasteiger partial charge in [0.25, 0.3) is 0 Å². The maximum atomic E-state index is 7.37. The van der Waals surface area contributed by atoms with Crippen molar-refractivity contribution in [2.75, 3.05) is 0 Å². The smallest absolute Gasteiger partial charge is 0.140 e. The Labute approximate surface area is 87.7 Å². The average Bonchev–Trinajstić information content (AvgIpc) is 2.45. The molecule has 0 fully saturated rings. The van der Waals surface area contributed by atoms with Crippen LogP contribution in [0.25, 0.3) is 11.0 Å². The van der Waals surface area contributed by atoms with Crippen molar-refractivity contribution in [3.8, 4) is 0 Å². The second-order valence-electron chi connectivity index (χ2n) is 2.94. The van der Waals surface area contributed by atoms with Crippen molar-refractivity contribution in [2.45, 2.75) is 0 Å². The number of halogens is 1. The van der Waals surface area contributed by atoms with Gasteiger partial charge in [-0.25, -0.2) is 4.98 Å². The number of aromatic nitrogens is 2. The maximum Gasteiger partial charge on any atom is 0.140 e. The van der Waals surface area contributed by atoms with E-state index in [1.807, 2.05) is 29.9 Å². The first-order valence-corrected chi connectivity index (χ1v) is 3.94. The Hall–Kier alpha value is -1.55. The molecule has 0 aromatic carbocycles. The third kappa shape index (κ3) is 1.44. The van der Waals surface area contributed by atoms with E-state index in [2.05, 4.69) is 4.98 Å². The molecule has 4 nitrogen and oxygen atoms in total. The van der Waals surface area contributed by atoms with E-state index >= 15 is 0 Å². The standard InChI is InChI=1S/C9H10N4.ClH/c1-13-5-7(8(10)11)6-3-2-4-12-9(6)13;/h2-5H,1H3,(H3,10,11);1H. The SMILES string of the molecule is Cl.Cn1cc(C(=N)N)c2cccnc21. The minimum absolute atomic E-state index is 0. The lowest BCUT2D eigenvalue weighted by Gasteiger charge is -1.93. The summed E-state index contributed by atoms with van der Waals surface area (Å²) in [5.41, 5.74) is 7.03. The van der Waals surface area contributed by atoms with Crippen molar-refractivity contribution >= 4 is 29.3 Å². The molecule has 0 aliphatic carbocycles. The molecule has 0 saturated carbocycles. The summed E-state index contributed by atoms with van der Waals surface area (Å²) < 4.78 is 1.87. The Balaban J connectivity index is 0.000000980. The molecule has 14 heavy (non-hydrogen) atoms. The lowest BCUT2D eigenvalue weighted by molar-refractivity contribution is 0.947. The molecule has 2 aromatic rings. The topological polar surface area (TPSA) is 67.7 Å². The molecule has 0 atom stereocenters. The molecule has 0 radical (unpaired) electrons. The van der Waals surface area contributed by atoms with Crippen molar-refractivity contribution in [1.82, 2.24) is 9.55 Å². The van der Waals surface area contributed by atoms with E-state index in [0.29, 0.717) is 0 Å². The molecular weight excluding hydrogens is 200 g/mol. The Kier molecular flexibility index (Phi) is 2.76. The second-order valence-corrected chi connectivity index (χ2v) is 2.94. The van der Waals surface area contributed by atoms with Crippen LogP contribution in [-0.2, 0) is 7.05 Å². The second kappa shape index (κ2) is 3.67. The molecule has 3 N–H and O–H groups in total. The molecular formula is C9H11ClN4. The number of nitrogen functional groups attached to an aromatic ring is 1. The number of rotatable bonds is 1. The first-order chi connectivity index (χ1) is 6.20. The summed E-state index contributed by atoms with van der Waals surface area (Å²) in [6, 6.07) is 3.76. The van der Waals surface area contributed by atoms with E-state index in [1.165, 1.54) is 0 Å². The number of pyridine rings is 1. The minimum atomic E-state index is 0. The van der Waals surface area contributed by atoms with E-state index in [0.717, 1.165) is 16.6 Å². The Morgan fingerprint density at radius 1 is 1.57 bits per heavy atom. The van der Waals surface area contributed by atoms with Crippen molar-refractivity contribution in [3.63, 3.8) is 0 Å². The fourth-order valence-corrected chi connectivity index (χ4v) is 1.43. The third-order valence-corrected chi connectivity index (χ3v) is 2.02. The lowest BCUT2D eigenvalue weighted by Crippen LogP contribution is -2.10. The van der Waals surface area contributed by atoms with Gasteiger partial charge in [0.05, 0.1) is 0 Å². The molecule has 0 saturated heterocycles. The van der Waals surface area contributed by atoms with Gasteiger partial charge in [-0.2, -0.15) is 0 Å². The van der Waals surface area contributed by atoms with Gasteiger partial charge in [0.1, 0.15) is 11.5 Å². The summed E-state index contributed by atoms with van der Waals surface area (Å²) in [7, 11) is 1.89. The van der Waals surface area contributed by atoms with Gasteiger partial charge in [-0.15, -0.1) is 12.4 Å². The molecule has 5 heteroatoms. The van der Waals surface area contributed by atoms with E-state index in [1.54, 1.807) is 6.20 Å². The summed E-state index contributed by atoms with van der Waals surface area (Å²) in [6.45, 7) is 0. The van der Waals surface area contributed by atoms with Gasteiger partial charge in [0.2, 0.25) is 0 Å². The number of nitrogens with two attached hydrogens (primary N) is 1. The Morgan fingerprint density at radius 3 is 2.93 bits per heavy atom. The van der Waals surface area contributed by atoms with Gasteiger partial charge in [0, 0.05) is 30.4 Å². The molecule has 0 aliphatic rings. The molecule has 2 rings (SSSR count). The summed E-state index contributed by atoms with van der Waals surface area (Å²) in [5, 5.41) is 8.30. The van der Waals surface area contributed by atoms with Crippen molar-refractivity contribution in [2.24, 2.45) is 12.8 Å². The van der Waals surface area contributed by atoms with Gasteiger partial charge in [0.15, 0.2) is 0 Å². The van der Waals surface area contributed by atoms with Crippen LogP contribution >= 0.6 is 12.4 Å². The fourth-order valence-electron chi connectivity index (χ4n) is 1.43. The number of hydrogen-bond acceptors (Lipinski definition) is 2. The predicted molar refractivity (Wildman–Crippen MR) is 59.0 cm³/mol. The van der Waals surface area contributed by atoms with Crippen LogP contribution in [-0.4, -0.2) is 15.4 Å². The van der Waals surface area contributed by atoms with Gasteiger partial charge < -0.3 is 10.3 Å². The highest BCUT2D eigenvalue weighted by Gasteiger charge is 2.07. The van der Waals surface area contributed by atoms with Crippen LogP contribution in [0.5, 0.6) is 0 Å². The number of aryl methyl sites for hydroxylation is 1. The van der Waals surface area contributed by atoms with Crippen LogP contribution in [0.3, 0.4) is 0 Å². The molecule has 0 unspecified atom stereocenters. The quantitative estimate of drug-likeness (QED) is 0.550. The van der Waals surface area contributed by atoms with E-state index in [-0.39, 0.29) is 18.2 Å². The fraction of sp³-hybridized carbons (Fsp3) is 0.111. The third-order valence-electron chi connectivity index (χ3n) is 2.02. The van der Waals surface area contributed by atoms with Gasteiger partial charge >= 0.3 is 0 Å². The van der Waals surface area contributed by atoms with Crippen LogP contribution in [0.15, 0.2) is 24.5 Å². The number of hydrogen-bond donors (Lipinski definition) is 2. The Bertz CT molecular complexity index is 475. The molecule has 0 aliphatic heterocycles.